The normalized spacial score (nSPS) is 21.6. The minimum atomic E-state index is -3.45. The van der Waals surface area contributed by atoms with Gasteiger partial charge in [-0.1, -0.05) is 19.1 Å². The smallest absolute Gasteiger partial charge is 0.240 e. The van der Waals surface area contributed by atoms with Crippen molar-refractivity contribution in [1.29, 1.82) is 0 Å². The predicted molar refractivity (Wildman–Crippen MR) is 84.5 cm³/mol. The standard InChI is InChI=1S/C15H25N3O2S/c1-3-15(16)13-5-4-6-14(9-13)21(19,20)17-10-12-7-8-18(2)11-12/h4-6,9,12,15,17H,3,7-8,10-11,16H2,1-2H3. The first-order chi connectivity index (χ1) is 9.92. The molecule has 0 radical (unpaired) electrons. The molecule has 6 heteroatoms. The van der Waals surface area contributed by atoms with Crippen LogP contribution in [0.25, 0.3) is 0 Å². The van der Waals surface area contributed by atoms with E-state index in [4.69, 9.17) is 5.73 Å². The number of benzene rings is 1. The summed E-state index contributed by atoms with van der Waals surface area (Å²) >= 11 is 0. The summed E-state index contributed by atoms with van der Waals surface area (Å²) < 4.78 is 27.5. The Hall–Kier alpha value is -0.950. The molecule has 0 aromatic heterocycles. The van der Waals surface area contributed by atoms with Crippen molar-refractivity contribution in [3.8, 4) is 0 Å². The van der Waals surface area contributed by atoms with Crippen molar-refractivity contribution in [2.75, 3.05) is 26.7 Å². The fourth-order valence-corrected chi connectivity index (χ4v) is 3.82. The summed E-state index contributed by atoms with van der Waals surface area (Å²) in [6, 6.07) is 6.80. The average molecular weight is 311 g/mol. The monoisotopic (exact) mass is 311 g/mol. The van der Waals surface area contributed by atoms with E-state index in [-0.39, 0.29) is 6.04 Å². The summed E-state index contributed by atoms with van der Waals surface area (Å²) in [6.45, 7) is 4.47. The number of sulfonamides is 1. The van der Waals surface area contributed by atoms with Gasteiger partial charge in [0.2, 0.25) is 10.0 Å². The molecule has 0 amide bonds. The van der Waals surface area contributed by atoms with E-state index >= 15 is 0 Å². The van der Waals surface area contributed by atoms with Gasteiger partial charge < -0.3 is 10.6 Å². The lowest BCUT2D eigenvalue weighted by Gasteiger charge is -2.14. The summed E-state index contributed by atoms with van der Waals surface area (Å²) in [5, 5.41) is 0. The van der Waals surface area contributed by atoms with Crippen LogP contribution >= 0.6 is 0 Å². The summed E-state index contributed by atoms with van der Waals surface area (Å²) in [5.74, 6) is 0.394. The minimum absolute atomic E-state index is 0.122. The average Bonchev–Trinajstić information content (AvgIpc) is 2.90. The fraction of sp³-hybridized carbons (Fsp3) is 0.600. The number of rotatable bonds is 6. The van der Waals surface area contributed by atoms with E-state index in [0.29, 0.717) is 17.4 Å². The summed E-state index contributed by atoms with van der Waals surface area (Å²) in [7, 11) is -1.39. The van der Waals surface area contributed by atoms with Gasteiger partial charge in [-0.2, -0.15) is 0 Å². The van der Waals surface area contributed by atoms with E-state index in [0.717, 1.165) is 31.5 Å². The molecule has 1 saturated heterocycles. The van der Waals surface area contributed by atoms with Crippen LogP contribution in [0.4, 0.5) is 0 Å². The van der Waals surface area contributed by atoms with E-state index in [1.54, 1.807) is 18.2 Å². The molecule has 1 aliphatic rings. The van der Waals surface area contributed by atoms with E-state index < -0.39 is 10.0 Å². The van der Waals surface area contributed by atoms with Crippen molar-refractivity contribution in [1.82, 2.24) is 9.62 Å². The zero-order valence-corrected chi connectivity index (χ0v) is 13.6. The van der Waals surface area contributed by atoms with Gasteiger partial charge in [-0.25, -0.2) is 13.1 Å². The Bertz CT molecular complexity index is 574. The number of likely N-dealkylation sites (tertiary alicyclic amines) is 1. The second-order valence-corrected chi connectivity index (χ2v) is 7.62. The van der Waals surface area contributed by atoms with Crippen LogP contribution in [0.5, 0.6) is 0 Å². The van der Waals surface area contributed by atoms with Gasteiger partial charge in [0.25, 0.3) is 0 Å². The first-order valence-electron chi connectivity index (χ1n) is 7.46. The molecule has 5 nitrogen and oxygen atoms in total. The molecular weight excluding hydrogens is 286 g/mol. The zero-order chi connectivity index (χ0) is 15.5. The lowest BCUT2D eigenvalue weighted by molar-refractivity contribution is 0.394. The maximum Gasteiger partial charge on any atom is 0.240 e. The molecule has 2 rings (SSSR count). The van der Waals surface area contributed by atoms with Crippen LogP contribution in [0.1, 0.15) is 31.4 Å². The summed E-state index contributed by atoms with van der Waals surface area (Å²) in [5.41, 5.74) is 6.84. The largest absolute Gasteiger partial charge is 0.324 e. The Morgan fingerprint density at radius 2 is 2.24 bits per heavy atom. The van der Waals surface area contributed by atoms with Crippen LogP contribution in [0.3, 0.4) is 0 Å². The third kappa shape index (κ3) is 4.26. The van der Waals surface area contributed by atoms with Crippen LogP contribution in [0, 0.1) is 5.92 Å². The first-order valence-corrected chi connectivity index (χ1v) is 8.94. The van der Waals surface area contributed by atoms with Gasteiger partial charge >= 0.3 is 0 Å². The van der Waals surface area contributed by atoms with Crippen molar-refractivity contribution in [2.24, 2.45) is 11.7 Å². The molecule has 0 aliphatic carbocycles. The molecule has 1 aliphatic heterocycles. The van der Waals surface area contributed by atoms with Gasteiger partial charge in [0.15, 0.2) is 0 Å². The number of nitrogens with one attached hydrogen (secondary N) is 1. The molecular formula is C15H25N3O2S. The van der Waals surface area contributed by atoms with Gasteiger partial charge in [0.05, 0.1) is 4.90 Å². The predicted octanol–water partition coefficient (Wildman–Crippen LogP) is 1.33. The molecule has 1 aromatic rings. The molecule has 2 atom stereocenters. The van der Waals surface area contributed by atoms with Crippen molar-refractivity contribution < 1.29 is 8.42 Å². The second-order valence-electron chi connectivity index (χ2n) is 5.86. The van der Waals surface area contributed by atoms with Crippen LogP contribution in [-0.2, 0) is 10.0 Å². The molecule has 1 heterocycles. The van der Waals surface area contributed by atoms with Gasteiger partial charge in [-0.3, -0.25) is 0 Å². The maximum atomic E-state index is 12.4. The third-order valence-electron chi connectivity index (χ3n) is 4.09. The SMILES string of the molecule is CCC(N)c1cccc(S(=O)(=O)NCC2CCN(C)C2)c1. The molecule has 0 bridgehead atoms. The fourth-order valence-electron chi connectivity index (χ4n) is 2.65. The van der Waals surface area contributed by atoms with E-state index in [1.165, 1.54) is 0 Å². The molecule has 118 valence electrons. The summed E-state index contributed by atoms with van der Waals surface area (Å²) in [6.07, 6.45) is 1.82. The third-order valence-corrected chi connectivity index (χ3v) is 5.51. The van der Waals surface area contributed by atoms with Crippen LogP contribution in [0.15, 0.2) is 29.2 Å². The number of nitrogens with zero attached hydrogens (tertiary/aromatic N) is 1. The first kappa shape index (κ1) is 16.4. The molecule has 3 N–H and O–H groups in total. The Balaban J connectivity index is 2.05. The highest BCUT2D eigenvalue weighted by molar-refractivity contribution is 7.89. The van der Waals surface area contributed by atoms with Crippen LogP contribution in [0.2, 0.25) is 0 Å². The number of hydrogen-bond acceptors (Lipinski definition) is 4. The molecule has 1 fully saturated rings. The molecule has 21 heavy (non-hydrogen) atoms. The van der Waals surface area contributed by atoms with Gasteiger partial charge in [0.1, 0.15) is 0 Å². The number of hydrogen-bond donors (Lipinski definition) is 2. The minimum Gasteiger partial charge on any atom is -0.324 e. The number of nitrogens with two attached hydrogens (primary N) is 1. The molecule has 2 unspecified atom stereocenters. The Morgan fingerprint density at radius 1 is 1.48 bits per heavy atom. The lowest BCUT2D eigenvalue weighted by atomic mass is 10.1. The second kappa shape index (κ2) is 6.87. The molecule has 0 spiro atoms. The Morgan fingerprint density at radius 3 is 2.86 bits per heavy atom. The Kier molecular flexibility index (Phi) is 5.37. The van der Waals surface area contributed by atoms with E-state index in [2.05, 4.69) is 16.7 Å². The van der Waals surface area contributed by atoms with E-state index in [1.807, 2.05) is 13.0 Å². The van der Waals surface area contributed by atoms with Gasteiger partial charge in [0, 0.05) is 19.1 Å². The van der Waals surface area contributed by atoms with Crippen LogP contribution < -0.4 is 10.5 Å². The molecule has 1 aromatic carbocycles. The highest BCUT2D eigenvalue weighted by Gasteiger charge is 2.22. The summed E-state index contributed by atoms with van der Waals surface area (Å²) in [4.78, 5) is 2.52. The Labute approximate surface area is 127 Å². The van der Waals surface area contributed by atoms with Crippen LogP contribution in [-0.4, -0.2) is 40.0 Å². The maximum absolute atomic E-state index is 12.4. The topological polar surface area (TPSA) is 75.4 Å². The highest BCUT2D eigenvalue weighted by Crippen LogP contribution is 2.19. The lowest BCUT2D eigenvalue weighted by Crippen LogP contribution is -2.30. The van der Waals surface area contributed by atoms with Gasteiger partial charge in [-0.05, 0) is 50.0 Å². The van der Waals surface area contributed by atoms with Crippen molar-refractivity contribution in [3.05, 3.63) is 29.8 Å². The van der Waals surface area contributed by atoms with Crippen molar-refractivity contribution in [3.63, 3.8) is 0 Å². The molecule has 0 saturated carbocycles. The highest BCUT2D eigenvalue weighted by atomic mass is 32.2. The zero-order valence-electron chi connectivity index (χ0n) is 12.7. The van der Waals surface area contributed by atoms with Crippen molar-refractivity contribution in [2.45, 2.75) is 30.7 Å². The van der Waals surface area contributed by atoms with Crippen molar-refractivity contribution >= 4 is 10.0 Å². The van der Waals surface area contributed by atoms with Gasteiger partial charge in [-0.15, -0.1) is 0 Å². The quantitative estimate of drug-likeness (QED) is 0.831. The van der Waals surface area contributed by atoms with E-state index in [9.17, 15) is 8.42 Å².